The van der Waals surface area contributed by atoms with Crippen molar-refractivity contribution in [3.8, 4) is 0 Å². The molecule has 0 atom stereocenters. The topological polar surface area (TPSA) is 32.5 Å². The number of nitrogens with zero attached hydrogens (tertiary/aromatic N) is 2. The SMILES string of the molecule is CN1CCCN(CCN)c2c1cccc2C(C)(C)C. The average Bonchev–Trinajstić information content (AvgIpc) is 2.50. The van der Waals surface area contributed by atoms with E-state index in [1.54, 1.807) is 0 Å². The van der Waals surface area contributed by atoms with Crippen molar-refractivity contribution < 1.29 is 0 Å². The van der Waals surface area contributed by atoms with Crippen LogP contribution in [0.25, 0.3) is 0 Å². The van der Waals surface area contributed by atoms with Gasteiger partial charge in [-0.15, -0.1) is 0 Å². The molecule has 0 bridgehead atoms. The van der Waals surface area contributed by atoms with Crippen LogP contribution in [0.5, 0.6) is 0 Å². The van der Waals surface area contributed by atoms with Crippen molar-refractivity contribution in [2.75, 3.05) is 43.0 Å². The van der Waals surface area contributed by atoms with Crippen molar-refractivity contribution in [2.24, 2.45) is 5.73 Å². The molecular weight excluding hydrogens is 234 g/mol. The van der Waals surface area contributed by atoms with E-state index >= 15 is 0 Å². The monoisotopic (exact) mass is 261 g/mol. The van der Waals surface area contributed by atoms with Crippen LogP contribution in [0.1, 0.15) is 32.8 Å². The lowest BCUT2D eigenvalue weighted by molar-refractivity contribution is 0.587. The maximum absolute atomic E-state index is 5.81. The molecule has 0 amide bonds. The largest absolute Gasteiger partial charge is 0.373 e. The van der Waals surface area contributed by atoms with Gasteiger partial charge in [0, 0.05) is 33.2 Å². The van der Waals surface area contributed by atoms with Gasteiger partial charge in [-0.25, -0.2) is 0 Å². The molecule has 1 heterocycles. The molecule has 2 N–H and O–H groups in total. The summed E-state index contributed by atoms with van der Waals surface area (Å²) in [6, 6.07) is 6.68. The zero-order chi connectivity index (χ0) is 14.0. The Bertz CT molecular complexity index is 434. The quantitative estimate of drug-likeness (QED) is 0.888. The summed E-state index contributed by atoms with van der Waals surface area (Å²) in [6.07, 6.45) is 1.19. The van der Waals surface area contributed by atoms with Crippen molar-refractivity contribution in [1.29, 1.82) is 0 Å². The highest BCUT2D eigenvalue weighted by Gasteiger charge is 2.26. The second kappa shape index (κ2) is 5.41. The average molecular weight is 261 g/mol. The summed E-state index contributed by atoms with van der Waals surface area (Å²) in [4.78, 5) is 4.85. The zero-order valence-corrected chi connectivity index (χ0v) is 12.7. The third kappa shape index (κ3) is 2.86. The molecule has 0 fully saturated rings. The van der Waals surface area contributed by atoms with E-state index < -0.39 is 0 Å². The van der Waals surface area contributed by atoms with Gasteiger partial charge in [0.05, 0.1) is 11.4 Å². The summed E-state index contributed by atoms with van der Waals surface area (Å²) in [6.45, 7) is 10.7. The Hall–Kier alpha value is -1.22. The number of nitrogens with two attached hydrogens (primary N) is 1. The zero-order valence-electron chi connectivity index (χ0n) is 12.7. The van der Waals surface area contributed by atoms with Crippen LogP contribution >= 0.6 is 0 Å². The van der Waals surface area contributed by atoms with Crippen molar-refractivity contribution >= 4 is 11.4 Å². The van der Waals surface area contributed by atoms with Gasteiger partial charge >= 0.3 is 0 Å². The summed E-state index contributed by atoms with van der Waals surface area (Å²) in [7, 11) is 2.19. The molecular formula is C16H27N3. The van der Waals surface area contributed by atoms with Gasteiger partial charge in [0.15, 0.2) is 0 Å². The van der Waals surface area contributed by atoms with Crippen LogP contribution in [-0.4, -0.2) is 33.2 Å². The molecule has 0 spiro atoms. The lowest BCUT2D eigenvalue weighted by Gasteiger charge is -2.32. The molecule has 1 aliphatic rings. The minimum atomic E-state index is 0.156. The van der Waals surface area contributed by atoms with Gasteiger partial charge in [0.25, 0.3) is 0 Å². The molecule has 19 heavy (non-hydrogen) atoms. The number of anilines is 2. The van der Waals surface area contributed by atoms with Crippen LogP contribution in [-0.2, 0) is 5.41 Å². The molecule has 1 aliphatic heterocycles. The third-order valence-electron chi connectivity index (χ3n) is 3.87. The Morgan fingerprint density at radius 2 is 1.95 bits per heavy atom. The Labute approximate surface area is 117 Å². The van der Waals surface area contributed by atoms with E-state index in [9.17, 15) is 0 Å². The Kier molecular flexibility index (Phi) is 4.04. The van der Waals surface area contributed by atoms with Crippen molar-refractivity contribution in [3.63, 3.8) is 0 Å². The molecule has 1 aromatic carbocycles. The minimum absolute atomic E-state index is 0.156. The molecule has 0 saturated carbocycles. The molecule has 3 heteroatoms. The number of hydrogen-bond acceptors (Lipinski definition) is 3. The van der Waals surface area contributed by atoms with Crippen LogP contribution in [0.4, 0.5) is 11.4 Å². The first-order chi connectivity index (χ1) is 8.95. The first-order valence-corrected chi connectivity index (χ1v) is 7.25. The highest BCUT2D eigenvalue weighted by molar-refractivity contribution is 5.76. The number of benzene rings is 1. The number of rotatable bonds is 2. The van der Waals surface area contributed by atoms with E-state index in [2.05, 4.69) is 55.8 Å². The fraction of sp³-hybridized carbons (Fsp3) is 0.625. The first kappa shape index (κ1) is 14.2. The van der Waals surface area contributed by atoms with Crippen LogP contribution in [0.3, 0.4) is 0 Å². The summed E-state index contributed by atoms with van der Waals surface area (Å²) < 4.78 is 0. The summed E-state index contributed by atoms with van der Waals surface area (Å²) >= 11 is 0. The smallest absolute Gasteiger partial charge is 0.0642 e. The van der Waals surface area contributed by atoms with Gasteiger partial charge in [-0.3, -0.25) is 0 Å². The van der Waals surface area contributed by atoms with Crippen LogP contribution in [0, 0.1) is 0 Å². The van der Waals surface area contributed by atoms with Crippen LogP contribution < -0.4 is 15.5 Å². The maximum Gasteiger partial charge on any atom is 0.0642 e. The maximum atomic E-state index is 5.81. The van der Waals surface area contributed by atoms with E-state index in [0.717, 1.165) is 19.6 Å². The summed E-state index contributed by atoms with van der Waals surface area (Å²) in [5.41, 5.74) is 10.1. The first-order valence-electron chi connectivity index (χ1n) is 7.25. The van der Waals surface area contributed by atoms with Gasteiger partial charge in [-0.2, -0.15) is 0 Å². The van der Waals surface area contributed by atoms with Gasteiger partial charge < -0.3 is 15.5 Å². The fourth-order valence-corrected chi connectivity index (χ4v) is 2.89. The molecule has 0 aliphatic carbocycles. The van der Waals surface area contributed by atoms with E-state index in [4.69, 9.17) is 5.73 Å². The summed E-state index contributed by atoms with van der Waals surface area (Å²) in [5, 5.41) is 0. The Balaban J connectivity index is 2.57. The lowest BCUT2D eigenvalue weighted by atomic mass is 9.85. The fourth-order valence-electron chi connectivity index (χ4n) is 2.89. The lowest BCUT2D eigenvalue weighted by Crippen LogP contribution is -2.32. The van der Waals surface area contributed by atoms with E-state index in [1.807, 2.05) is 0 Å². The highest BCUT2D eigenvalue weighted by atomic mass is 15.2. The molecule has 106 valence electrons. The third-order valence-corrected chi connectivity index (χ3v) is 3.87. The van der Waals surface area contributed by atoms with Crippen molar-refractivity contribution in [2.45, 2.75) is 32.6 Å². The predicted octanol–water partition coefficient (Wildman–Crippen LogP) is 2.59. The number of para-hydroxylation sites is 1. The van der Waals surface area contributed by atoms with E-state index in [1.165, 1.54) is 23.4 Å². The molecule has 0 aromatic heterocycles. The number of hydrogen-bond donors (Lipinski definition) is 1. The molecule has 0 unspecified atom stereocenters. The van der Waals surface area contributed by atoms with Gasteiger partial charge in [-0.05, 0) is 23.5 Å². The van der Waals surface area contributed by atoms with Crippen LogP contribution in [0.15, 0.2) is 18.2 Å². The molecule has 0 radical (unpaired) electrons. The van der Waals surface area contributed by atoms with Gasteiger partial charge in [0.1, 0.15) is 0 Å². The van der Waals surface area contributed by atoms with E-state index in [-0.39, 0.29) is 5.41 Å². The standard InChI is InChI=1S/C16H27N3/c1-16(2,3)13-7-5-8-14-15(13)19(12-9-17)11-6-10-18(14)4/h5,7-8H,6,9-12,17H2,1-4H3. The second-order valence-corrected chi connectivity index (χ2v) is 6.47. The van der Waals surface area contributed by atoms with Crippen molar-refractivity contribution in [1.82, 2.24) is 0 Å². The van der Waals surface area contributed by atoms with Crippen LogP contribution in [0.2, 0.25) is 0 Å². The Morgan fingerprint density at radius 3 is 2.58 bits per heavy atom. The van der Waals surface area contributed by atoms with Gasteiger partial charge in [-0.1, -0.05) is 32.9 Å². The minimum Gasteiger partial charge on any atom is -0.373 e. The van der Waals surface area contributed by atoms with Gasteiger partial charge in [0.2, 0.25) is 0 Å². The molecule has 3 nitrogen and oxygen atoms in total. The summed E-state index contributed by atoms with van der Waals surface area (Å²) in [5.74, 6) is 0. The normalized spacial score (nSPS) is 16.3. The molecule has 2 rings (SSSR count). The highest BCUT2D eigenvalue weighted by Crippen LogP contribution is 2.40. The predicted molar refractivity (Wildman–Crippen MR) is 84.3 cm³/mol. The molecule has 1 aromatic rings. The van der Waals surface area contributed by atoms with E-state index in [0.29, 0.717) is 6.54 Å². The Morgan fingerprint density at radius 1 is 1.21 bits per heavy atom. The second-order valence-electron chi connectivity index (χ2n) is 6.47. The number of fused-ring (bicyclic) bond motifs is 1. The van der Waals surface area contributed by atoms with Crippen molar-refractivity contribution in [3.05, 3.63) is 23.8 Å². The molecule has 0 saturated heterocycles.